The molecule has 1 N–H and O–H groups in total. The fraction of sp³-hybridized carbons (Fsp3) is 0.667. The van der Waals surface area contributed by atoms with E-state index in [1.807, 2.05) is 0 Å². The molecule has 3 saturated carbocycles. The molecule has 3 unspecified atom stereocenters. The maximum absolute atomic E-state index is 3.86. The smallest absolute Gasteiger partial charge is 0.0165 e. The highest BCUT2D eigenvalue weighted by Crippen LogP contribution is 2.34. The second-order valence-electron chi connectivity index (χ2n) is 13.3. The molecule has 0 amide bonds. The Hall–Kier alpha value is -1.64. The van der Waals surface area contributed by atoms with Gasteiger partial charge in [0.25, 0.3) is 0 Å². The van der Waals surface area contributed by atoms with Crippen molar-refractivity contribution in [1.29, 1.82) is 0 Å². The SMILES string of the molecule is CCC(Cc1ccc(CC(C)C(Cc2ccccc2)N(CC2CCC2)CC2CCC2)cc1)NCC1CCC1. The summed E-state index contributed by atoms with van der Waals surface area (Å²) in [5, 5.41) is 3.86. The van der Waals surface area contributed by atoms with Crippen molar-refractivity contribution in [2.75, 3.05) is 19.6 Å². The van der Waals surface area contributed by atoms with E-state index in [-0.39, 0.29) is 0 Å². The second-order valence-corrected chi connectivity index (χ2v) is 13.3. The van der Waals surface area contributed by atoms with E-state index in [9.17, 15) is 0 Å². The van der Waals surface area contributed by atoms with Crippen LogP contribution in [0.2, 0.25) is 0 Å². The molecule has 2 nitrogen and oxygen atoms in total. The van der Waals surface area contributed by atoms with Crippen LogP contribution in [0.25, 0.3) is 0 Å². The molecule has 2 aromatic carbocycles. The quantitative estimate of drug-likeness (QED) is 0.243. The molecule has 0 heterocycles. The standard InChI is InChI=1S/C36H54N2/c1-3-35(37-25-32-12-7-13-32)23-31-20-18-30(19-21-31)22-28(2)36(24-29-10-5-4-6-11-29)38(26-33-14-8-15-33)27-34-16-9-17-34/h4-6,10-11,18-21,28,32-37H,3,7-9,12-17,22-27H2,1-2H3. The van der Waals surface area contributed by atoms with E-state index in [1.165, 1.54) is 113 Å². The van der Waals surface area contributed by atoms with E-state index in [2.05, 4.69) is 78.7 Å². The summed E-state index contributed by atoms with van der Waals surface area (Å²) in [4.78, 5) is 2.96. The molecular weight excluding hydrogens is 460 g/mol. The lowest BCUT2D eigenvalue weighted by molar-refractivity contribution is 0.0675. The lowest BCUT2D eigenvalue weighted by Gasteiger charge is -2.43. The highest BCUT2D eigenvalue weighted by molar-refractivity contribution is 5.24. The third kappa shape index (κ3) is 7.95. The van der Waals surface area contributed by atoms with Crippen LogP contribution in [0.5, 0.6) is 0 Å². The zero-order valence-corrected chi connectivity index (χ0v) is 24.4. The Labute approximate surface area is 234 Å². The highest BCUT2D eigenvalue weighted by atomic mass is 15.2. The Morgan fingerprint density at radius 1 is 0.684 bits per heavy atom. The number of rotatable bonds is 16. The summed E-state index contributed by atoms with van der Waals surface area (Å²) in [5.41, 5.74) is 4.51. The van der Waals surface area contributed by atoms with Crippen molar-refractivity contribution in [3.8, 4) is 0 Å². The first-order valence-corrected chi connectivity index (χ1v) is 16.3. The minimum atomic E-state index is 0.613. The summed E-state index contributed by atoms with van der Waals surface area (Å²) < 4.78 is 0. The van der Waals surface area contributed by atoms with Crippen molar-refractivity contribution in [2.24, 2.45) is 23.7 Å². The van der Waals surface area contributed by atoms with Crippen LogP contribution in [0, 0.1) is 23.7 Å². The lowest BCUT2D eigenvalue weighted by Crippen LogP contribution is -2.48. The van der Waals surface area contributed by atoms with Gasteiger partial charge in [-0.2, -0.15) is 0 Å². The predicted molar refractivity (Wildman–Crippen MR) is 163 cm³/mol. The van der Waals surface area contributed by atoms with E-state index < -0.39 is 0 Å². The molecule has 5 rings (SSSR count). The van der Waals surface area contributed by atoms with Crippen LogP contribution >= 0.6 is 0 Å². The molecule has 0 saturated heterocycles. The van der Waals surface area contributed by atoms with Crippen LogP contribution < -0.4 is 5.32 Å². The first-order chi connectivity index (χ1) is 18.7. The predicted octanol–water partition coefficient (Wildman–Crippen LogP) is 8.09. The number of hydrogen-bond acceptors (Lipinski definition) is 2. The summed E-state index contributed by atoms with van der Waals surface area (Å²) in [5.74, 6) is 3.45. The number of benzene rings is 2. The van der Waals surface area contributed by atoms with Crippen molar-refractivity contribution in [2.45, 2.75) is 109 Å². The third-order valence-electron chi connectivity index (χ3n) is 10.3. The van der Waals surface area contributed by atoms with Gasteiger partial charge in [0.2, 0.25) is 0 Å². The van der Waals surface area contributed by atoms with Gasteiger partial charge in [-0.3, -0.25) is 4.90 Å². The molecule has 0 spiro atoms. The van der Waals surface area contributed by atoms with Gasteiger partial charge in [-0.1, -0.05) is 87.7 Å². The molecule has 3 atom stereocenters. The zero-order chi connectivity index (χ0) is 26.2. The van der Waals surface area contributed by atoms with Gasteiger partial charge in [0.05, 0.1) is 0 Å². The molecule has 38 heavy (non-hydrogen) atoms. The van der Waals surface area contributed by atoms with Crippen molar-refractivity contribution in [3.63, 3.8) is 0 Å². The molecule has 2 heteroatoms. The van der Waals surface area contributed by atoms with Gasteiger partial charge in [-0.15, -0.1) is 0 Å². The first kappa shape index (κ1) is 27.9. The van der Waals surface area contributed by atoms with E-state index in [0.29, 0.717) is 18.0 Å². The van der Waals surface area contributed by atoms with Crippen LogP contribution in [0.4, 0.5) is 0 Å². The van der Waals surface area contributed by atoms with E-state index in [0.717, 1.165) is 24.2 Å². The Kier molecular flexibility index (Phi) is 10.4. The van der Waals surface area contributed by atoms with Crippen LogP contribution in [0.3, 0.4) is 0 Å². The summed E-state index contributed by atoms with van der Waals surface area (Å²) in [6.07, 6.45) is 17.7. The van der Waals surface area contributed by atoms with Gasteiger partial charge in [-0.25, -0.2) is 0 Å². The van der Waals surface area contributed by atoms with Crippen LogP contribution in [-0.2, 0) is 19.3 Å². The van der Waals surface area contributed by atoms with E-state index in [1.54, 1.807) is 0 Å². The molecule has 3 aliphatic rings. The Bertz CT molecular complexity index is 910. The largest absolute Gasteiger partial charge is 0.313 e. The Morgan fingerprint density at radius 3 is 1.71 bits per heavy atom. The minimum absolute atomic E-state index is 0.613. The minimum Gasteiger partial charge on any atom is -0.313 e. The number of hydrogen-bond donors (Lipinski definition) is 1. The van der Waals surface area contributed by atoms with Crippen molar-refractivity contribution in [3.05, 3.63) is 71.3 Å². The number of nitrogens with one attached hydrogen (secondary N) is 1. The summed E-state index contributed by atoms with van der Waals surface area (Å²) in [6.45, 7) is 8.73. The molecule has 3 aliphatic carbocycles. The fourth-order valence-corrected chi connectivity index (χ4v) is 6.90. The summed E-state index contributed by atoms with van der Waals surface area (Å²) in [6, 6.07) is 22.3. The van der Waals surface area contributed by atoms with Crippen molar-refractivity contribution < 1.29 is 0 Å². The van der Waals surface area contributed by atoms with Gasteiger partial charge in [0.15, 0.2) is 0 Å². The molecule has 2 aromatic rings. The van der Waals surface area contributed by atoms with Crippen LogP contribution in [0.15, 0.2) is 54.6 Å². The van der Waals surface area contributed by atoms with Crippen LogP contribution in [0.1, 0.15) is 94.7 Å². The highest BCUT2D eigenvalue weighted by Gasteiger charge is 2.32. The molecule has 0 aromatic heterocycles. The Morgan fingerprint density at radius 2 is 1.21 bits per heavy atom. The van der Waals surface area contributed by atoms with Crippen molar-refractivity contribution in [1.82, 2.24) is 10.2 Å². The van der Waals surface area contributed by atoms with E-state index >= 15 is 0 Å². The monoisotopic (exact) mass is 514 g/mol. The maximum atomic E-state index is 3.86. The zero-order valence-electron chi connectivity index (χ0n) is 24.4. The molecular formula is C36H54N2. The average molecular weight is 515 g/mol. The van der Waals surface area contributed by atoms with Gasteiger partial charge in [0.1, 0.15) is 0 Å². The van der Waals surface area contributed by atoms with Gasteiger partial charge < -0.3 is 5.32 Å². The third-order valence-corrected chi connectivity index (χ3v) is 10.3. The van der Waals surface area contributed by atoms with E-state index in [4.69, 9.17) is 0 Å². The maximum Gasteiger partial charge on any atom is 0.0165 e. The Balaban J connectivity index is 1.23. The van der Waals surface area contributed by atoms with Crippen molar-refractivity contribution >= 4 is 0 Å². The first-order valence-electron chi connectivity index (χ1n) is 16.3. The molecule has 0 bridgehead atoms. The molecule has 3 fully saturated rings. The fourth-order valence-electron chi connectivity index (χ4n) is 6.90. The van der Waals surface area contributed by atoms with Crippen LogP contribution in [-0.4, -0.2) is 36.6 Å². The summed E-state index contributed by atoms with van der Waals surface area (Å²) in [7, 11) is 0. The molecule has 0 radical (unpaired) electrons. The number of nitrogens with zero attached hydrogens (tertiary/aromatic N) is 1. The lowest BCUT2D eigenvalue weighted by atomic mass is 9.80. The normalized spacial score (nSPS) is 20.9. The van der Waals surface area contributed by atoms with Gasteiger partial charge in [-0.05, 0) is 111 Å². The molecule has 0 aliphatic heterocycles. The molecule has 208 valence electrons. The van der Waals surface area contributed by atoms with Gasteiger partial charge in [0, 0.05) is 25.2 Å². The average Bonchev–Trinajstić information content (AvgIpc) is 2.85. The topological polar surface area (TPSA) is 15.3 Å². The van der Waals surface area contributed by atoms with Gasteiger partial charge >= 0.3 is 0 Å². The second kappa shape index (κ2) is 14.1. The summed E-state index contributed by atoms with van der Waals surface area (Å²) >= 11 is 0.